The summed E-state index contributed by atoms with van der Waals surface area (Å²) in [5, 5.41) is 5.64. The van der Waals surface area contributed by atoms with Crippen LogP contribution in [-0.4, -0.2) is 23.9 Å². The lowest BCUT2D eigenvalue weighted by Crippen LogP contribution is -2.38. The van der Waals surface area contributed by atoms with Crippen LogP contribution in [0.3, 0.4) is 0 Å². The van der Waals surface area contributed by atoms with Gasteiger partial charge < -0.3 is 15.4 Å². The molecule has 2 rings (SSSR count). The van der Waals surface area contributed by atoms with Gasteiger partial charge in [0.05, 0.1) is 12.5 Å². The first-order chi connectivity index (χ1) is 13.9. The third-order valence-corrected chi connectivity index (χ3v) is 4.40. The molecule has 2 aromatic rings. The number of carbonyl (C=O) groups excluding carboxylic acids is 3. The standard InChI is InChI=1S/C23H28N2O4/c1-4-8-21(19-9-6-5-7-10-19)25-23(28)16(2)29-22(27)15-18-11-13-20(14-12-18)24-17(3)26/h5-7,9-14,16,21H,4,8,15H2,1-3H3,(H,24,26)(H,25,28)/t16-,21-/m0/s1. The number of rotatable bonds is 9. The minimum atomic E-state index is -0.885. The molecule has 0 saturated carbocycles. The molecule has 2 amide bonds. The Morgan fingerprint density at radius 2 is 1.66 bits per heavy atom. The molecule has 2 atom stereocenters. The zero-order valence-corrected chi connectivity index (χ0v) is 17.1. The van der Waals surface area contributed by atoms with Gasteiger partial charge in [0, 0.05) is 12.6 Å². The Morgan fingerprint density at radius 3 is 2.24 bits per heavy atom. The molecule has 0 aromatic heterocycles. The molecule has 2 aromatic carbocycles. The van der Waals surface area contributed by atoms with Crippen molar-refractivity contribution in [2.75, 3.05) is 5.32 Å². The third kappa shape index (κ3) is 7.41. The van der Waals surface area contributed by atoms with E-state index in [0.717, 1.165) is 24.0 Å². The van der Waals surface area contributed by atoms with Crippen molar-refractivity contribution in [1.29, 1.82) is 0 Å². The van der Waals surface area contributed by atoms with Crippen molar-refractivity contribution >= 4 is 23.5 Å². The molecule has 6 heteroatoms. The Morgan fingerprint density at radius 1 is 1.00 bits per heavy atom. The number of benzene rings is 2. The number of amides is 2. The normalized spacial score (nSPS) is 12.5. The average Bonchev–Trinajstić information content (AvgIpc) is 2.69. The number of esters is 1. The number of anilines is 1. The molecule has 29 heavy (non-hydrogen) atoms. The Bertz CT molecular complexity index is 819. The second kappa shape index (κ2) is 11.0. The summed E-state index contributed by atoms with van der Waals surface area (Å²) in [6.45, 7) is 5.06. The summed E-state index contributed by atoms with van der Waals surface area (Å²) in [6, 6.07) is 16.6. The summed E-state index contributed by atoms with van der Waals surface area (Å²) in [5.41, 5.74) is 2.43. The van der Waals surface area contributed by atoms with Gasteiger partial charge in [-0.3, -0.25) is 14.4 Å². The quantitative estimate of drug-likeness (QED) is 0.632. The van der Waals surface area contributed by atoms with Crippen LogP contribution in [0.25, 0.3) is 0 Å². The van der Waals surface area contributed by atoms with Crippen LogP contribution in [0.1, 0.15) is 50.8 Å². The van der Waals surface area contributed by atoms with Crippen LogP contribution in [0.5, 0.6) is 0 Å². The van der Waals surface area contributed by atoms with Gasteiger partial charge in [-0.1, -0.05) is 55.8 Å². The molecular weight excluding hydrogens is 368 g/mol. The van der Waals surface area contributed by atoms with Gasteiger partial charge in [-0.05, 0) is 36.6 Å². The van der Waals surface area contributed by atoms with Crippen LogP contribution < -0.4 is 10.6 Å². The van der Waals surface area contributed by atoms with Crippen LogP contribution in [0.2, 0.25) is 0 Å². The minimum Gasteiger partial charge on any atom is -0.452 e. The second-order valence-corrected chi connectivity index (χ2v) is 6.95. The van der Waals surface area contributed by atoms with Gasteiger partial charge in [0.25, 0.3) is 5.91 Å². The van der Waals surface area contributed by atoms with Crippen molar-refractivity contribution < 1.29 is 19.1 Å². The average molecular weight is 396 g/mol. The van der Waals surface area contributed by atoms with Crippen molar-refractivity contribution in [3.63, 3.8) is 0 Å². The fourth-order valence-corrected chi connectivity index (χ4v) is 2.95. The van der Waals surface area contributed by atoms with Crippen molar-refractivity contribution in [3.8, 4) is 0 Å². The maximum absolute atomic E-state index is 12.5. The molecule has 0 spiro atoms. The SMILES string of the molecule is CCC[C@H](NC(=O)[C@H](C)OC(=O)Cc1ccc(NC(C)=O)cc1)c1ccccc1. The maximum Gasteiger partial charge on any atom is 0.311 e. The third-order valence-electron chi connectivity index (χ3n) is 4.40. The van der Waals surface area contributed by atoms with Gasteiger partial charge in [-0.2, -0.15) is 0 Å². The molecule has 0 bridgehead atoms. The first kappa shape index (κ1) is 22.1. The van der Waals surface area contributed by atoms with E-state index in [2.05, 4.69) is 17.6 Å². The molecule has 154 valence electrons. The van der Waals surface area contributed by atoms with Crippen molar-refractivity contribution in [3.05, 3.63) is 65.7 Å². The van der Waals surface area contributed by atoms with E-state index < -0.39 is 12.1 Å². The van der Waals surface area contributed by atoms with Crippen molar-refractivity contribution in [2.24, 2.45) is 0 Å². The van der Waals surface area contributed by atoms with Gasteiger partial charge in [0.1, 0.15) is 0 Å². The van der Waals surface area contributed by atoms with Gasteiger partial charge in [0.2, 0.25) is 5.91 Å². The van der Waals surface area contributed by atoms with E-state index in [1.54, 1.807) is 31.2 Å². The van der Waals surface area contributed by atoms with E-state index in [0.29, 0.717) is 5.69 Å². The lowest BCUT2D eigenvalue weighted by molar-refractivity contribution is -0.154. The lowest BCUT2D eigenvalue weighted by atomic mass is 10.0. The largest absolute Gasteiger partial charge is 0.452 e. The maximum atomic E-state index is 12.5. The summed E-state index contributed by atoms with van der Waals surface area (Å²) in [6.07, 6.45) is 0.887. The fraction of sp³-hybridized carbons (Fsp3) is 0.348. The predicted molar refractivity (Wildman–Crippen MR) is 112 cm³/mol. The molecule has 0 unspecified atom stereocenters. The van der Waals surface area contributed by atoms with E-state index in [4.69, 9.17) is 4.74 Å². The first-order valence-corrected chi connectivity index (χ1v) is 9.80. The van der Waals surface area contributed by atoms with Crippen LogP contribution in [-0.2, 0) is 25.5 Å². The van der Waals surface area contributed by atoms with E-state index in [1.165, 1.54) is 6.92 Å². The van der Waals surface area contributed by atoms with Crippen LogP contribution in [0, 0.1) is 0 Å². The summed E-state index contributed by atoms with van der Waals surface area (Å²) in [7, 11) is 0. The van der Waals surface area contributed by atoms with Gasteiger partial charge in [0.15, 0.2) is 6.10 Å². The number of ether oxygens (including phenoxy) is 1. The molecule has 0 saturated heterocycles. The number of hydrogen-bond donors (Lipinski definition) is 2. The van der Waals surface area contributed by atoms with Gasteiger partial charge in [-0.15, -0.1) is 0 Å². The van der Waals surface area contributed by atoms with E-state index >= 15 is 0 Å². The summed E-state index contributed by atoms with van der Waals surface area (Å²) in [5.74, 6) is -0.956. The lowest BCUT2D eigenvalue weighted by Gasteiger charge is -2.21. The fourth-order valence-electron chi connectivity index (χ4n) is 2.95. The number of nitrogens with one attached hydrogen (secondary N) is 2. The van der Waals surface area contributed by atoms with Crippen LogP contribution >= 0.6 is 0 Å². The van der Waals surface area contributed by atoms with Crippen molar-refractivity contribution in [1.82, 2.24) is 5.32 Å². The molecule has 0 aliphatic carbocycles. The number of hydrogen-bond acceptors (Lipinski definition) is 4. The molecular formula is C23H28N2O4. The van der Waals surface area contributed by atoms with E-state index in [-0.39, 0.29) is 24.3 Å². The summed E-state index contributed by atoms with van der Waals surface area (Å²) >= 11 is 0. The van der Waals surface area contributed by atoms with Crippen LogP contribution in [0.15, 0.2) is 54.6 Å². The highest BCUT2D eigenvalue weighted by Gasteiger charge is 2.21. The number of carbonyl (C=O) groups is 3. The van der Waals surface area contributed by atoms with Crippen molar-refractivity contribution in [2.45, 2.75) is 52.2 Å². The van der Waals surface area contributed by atoms with Gasteiger partial charge in [-0.25, -0.2) is 0 Å². The molecule has 2 N–H and O–H groups in total. The Kier molecular flexibility index (Phi) is 8.40. The molecule has 6 nitrogen and oxygen atoms in total. The summed E-state index contributed by atoms with van der Waals surface area (Å²) in [4.78, 5) is 35.8. The predicted octanol–water partition coefficient (Wildman–Crippen LogP) is 3.78. The second-order valence-electron chi connectivity index (χ2n) is 6.95. The van der Waals surface area contributed by atoms with E-state index in [9.17, 15) is 14.4 Å². The topological polar surface area (TPSA) is 84.5 Å². The highest BCUT2D eigenvalue weighted by Crippen LogP contribution is 2.18. The Labute approximate surface area is 171 Å². The highest BCUT2D eigenvalue weighted by atomic mass is 16.5. The monoisotopic (exact) mass is 396 g/mol. The summed E-state index contributed by atoms with van der Waals surface area (Å²) < 4.78 is 5.31. The molecule has 0 aliphatic heterocycles. The highest BCUT2D eigenvalue weighted by molar-refractivity contribution is 5.88. The molecule has 0 fully saturated rings. The zero-order valence-electron chi connectivity index (χ0n) is 17.1. The van der Waals surface area contributed by atoms with Crippen LogP contribution in [0.4, 0.5) is 5.69 Å². The smallest absolute Gasteiger partial charge is 0.311 e. The van der Waals surface area contributed by atoms with E-state index in [1.807, 2.05) is 30.3 Å². The first-order valence-electron chi connectivity index (χ1n) is 9.80. The molecule has 0 aliphatic rings. The molecule has 0 heterocycles. The van der Waals surface area contributed by atoms with Gasteiger partial charge >= 0.3 is 5.97 Å². The zero-order chi connectivity index (χ0) is 21.2. The Hall–Kier alpha value is -3.15. The Balaban J connectivity index is 1.89. The minimum absolute atomic E-state index is 0.0506. The molecule has 0 radical (unpaired) electrons.